The van der Waals surface area contributed by atoms with Crippen LogP contribution in [-0.2, 0) is 9.53 Å². The van der Waals surface area contributed by atoms with E-state index in [9.17, 15) is 9.59 Å². The van der Waals surface area contributed by atoms with Crippen molar-refractivity contribution in [2.75, 3.05) is 31.2 Å². The Hall–Kier alpha value is -3.74. The number of fused-ring (bicyclic) bond motifs is 2. The van der Waals surface area contributed by atoms with Crippen LogP contribution in [0.2, 0.25) is 0 Å². The second kappa shape index (κ2) is 7.94. The Kier molecular flexibility index (Phi) is 5.18. The van der Waals surface area contributed by atoms with E-state index in [2.05, 4.69) is 0 Å². The maximum Gasteiger partial charge on any atom is 0.308 e. The fourth-order valence-electron chi connectivity index (χ4n) is 3.84. The van der Waals surface area contributed by atoms with Gasteiger partial charge in [0.15, 0.2) is 0 Å². The molecule has 0 bridgehead atoms. The van der Waals surface area contributed by atoms with Gasteiger partial charge in [-0.3, -0.25) is 24.2 Å². The number of anilines is 2. The summed E-state index contributed by atoms with van der Waals surface area (Å²) in [5, 5.41) is 1.97. The van der Waals surface area contributed by atoms with Gasteiger partial charge in [0.25, 0.3) is 5.91 Å². The number of hydrogen-bond acceptors (Lipinski definition) is 5. The van der Waals surface area contributed by atoms with Gasteiger partial charge in [-0.05, 0) is 48.5 Å². The number of methoxy groups -OCH3 is 2. The van der Waals surface area contributed by atoms with E-state index >= 15 is 0 Å². The number of benzene rings is 2. The molecular formula is C23H23N3O4. The van der Waals surface area contributed by atoms with Gasteiger partial charge in [0.2, 0.25) is 0 Å². The van der Waals surface area contributed by atoms with Crippen molar-refractivity contribution in [1.82, 2.24) is 4.68 Å². The van der Waals surface area contributed by atoms with Gasteiger partial charge in [-0.1, -0.05) is 12.1 Å². The van der Waals surface area contributed by atoms with Crippen LogP contribution in [0.3, 0.4) is 0 Å². The van der Waals surface area contributed by atoms with Crippen LogP contribution < -0.4 is 14.6 Å². The summed E-state index contributed by atoms with van der Waals surface area (Å²) in [6, 6.07) is 17.9. The molecule has 1 aromatic heterocycles. The molecule has 1 unspecified atom stereocenters. The van der Waals surface area contributed by atoms with Crippen molar-refractivity contribution in [3.63, 3.8) is 0 Å². The topological polar surface area (TPSA) is 64.0 Å². The zero-order valence-corrected chi connectivity index (χ0v) is 17.1. The smallest absolute Gasteiger partial charge is 0.308 e. The SMILES string of the molecule is COC(=O)CC1c2cccn2N(C)c2ccccc2N1C(=O)c1ccc(OC)cc1. The molecule has 0 fully saturated rings. The number of aromatic nitrogens is 1. The number of ether oxygens (including phenoxy) is 2. The van der Waals surface area contributed by atoms with Gasteiger partial charge in [0.05, 0.1) is 43.8 Å². The number of para-hydroxylation sites is 2. The van der Waals surface area contributed by atoms with Crippen LogP contribution in [0.1, 0.15) is 28.5 Å². The standard InChI is InChI=1S/C23H23N3O4/c1-24-18-7-4-5-8-20(18)26(23(28)16-10-12-17(29-2)13-11-16)21(15-22(27)30-3)19-9-6-14-25(19)24/h4-14,21H,15H2,1-3H3. The molecule has 0 saturated carbocycles. The van der Waals surface area contributed by atoms with Crippen LogP contribution >= 0.6 is 0 Å². The highest BCUT2D eigenvalue weighted by Gasteiger charge is 2.36. The molecular weight excluding hydrogens is 382 g/mol. The molecule has 154 valence electrons. The summed E-state index contributed by atoms with van der Waals surface area (Å²) in [6.45, 7) is 0. The summed E-state index contributed by atoms with van der Waals surface area (Å²) in [7, 11) is 4.87. The first kappa shape index (κ1) is 19.6. The Labute approximate surface area is 175 Å². The van der Waals surface area contributed by atoms with Crippen molar-refractivity contribution in [3.05, 3.63) is 78.1 Å². The number of hydrogen-bond donors (Lipinski definition) is 0. The van der Waals surface area contributed by atoms with Gasteiger partial charge >= 0.3 is 5.97 Å². The molecule has 7 nitrogen and oxygen atoms in total. The molecule has 4 rings (SSSR count). The normalized spacial score (nSPS) is 15.1. The summed E-state index contributed by atoms with van der Waals surface area (Å²) in [5.41, 5.74) is 2.90. The van der Waals surface area contributed by atoms with Crippen molar-refractivity contribution >= 4 is 23.3 Å². The van der Waals surface area contributed by atoms with Gasteiger partial charge in [-0.2, -0.15) is 0 Å². The average Bonchev–Trinajstić information content (AvgIpc) is 3.25. The van der Waals surface area contributed by atoms with E-state index in [1.165, 1.54) is 7.11 Å². The first-order valence-electron chi connectivity index (χ1n) is 9.60. The number of esters is 1. The van der Waals surface area contributed by atoms with Crippen molar-refractivity contribution in [1.29, 1.82) is 0 Å². The molecule has 7 heteroatoms. The van der Waals surface area contributed by atoms with Crippen LogP contribution in [-0.4, -0.2) is 37.8 Å². The number of carbonyl (C=O) groups is 2. The van der Waals surface area contributed by atoms with Gasteiger partial charge in [-0.15, -0.1) is 0 Å². The minimum absolute atomic E-state index is 0.0323. The maximum absolute atomic E-state index is 13.7. The predicted molar refractivity (Wildman–Crippen MR) is 114 cm³/mol. The van der Waals surface area contributed by atoms with Crippen LogP contribution in [0, 0.1) is 0 Å². The minimum atomic E-state index is -0.534. The number of rotatable bonds is 4. The lowest BCUT2D eigenvalue weighted by molar-refractivity contribution is -0.141. The molecule has 1 amide bonds. The molecule has 2 heterocycles. The zero-order valence-electron chi connectivity index (χ0n) is 17.1. The Balaban J connectivity index is 1.89. The molecule has 1 aliphatic rings. The lowest BCUT2D eigenvalue weighted by Crippen LogP contribution is -2.36. The van der Waals surface area contributed by atoms with Crippen LogP contribution in [0.4, 0.5) is 11.4 Å². The van der Waals surface area contributed by atoms with Gasteiger partial charge in [-0.25, -0.2) is 0 Å². The van der Waals surface area contributed by atoms with E-state index in [1.807, 2.05) is 59.3 Å². The van der Waals surface area contributed by atoms with Crippen LogP contribution in [0.5, 0.6) is 5.75 Å². The highest BCUT2D eigenvalue weighted by atomic mass is 16.5. The van der Waals surface area contributed by atoms with Crippen molar-refractivity contribution in [2.45, 2.75) is 12.5 Å². The molecule has 0 N–H and O–H groups in total. The first-order valence-corrected chi connectivity index (χ1v) is 9.60. The van der Waals surface area contributed by atoms with Crippen molar-refractivity contribution < 1.29 is 19.1 Å². The Morgan fingerprint density at radius 2 is 1.63 bits per heavy atom. The fraction of sp³-hybridized carbons (Fsp3) is 0.217. The summed E-state index contributed by atoms with van der Waals surface area (Å²) in [4.78, 5) is 27.7. The summed E-state index contributed by atoms with van der Waals surface area (Å²) in [6.07, 6.45) is 1.95. The third kappa shape index (κ3) is 3.28. The molecule has 1 atom stereocenters. The monoisotopic (exact) mass is 405 g/mol. The zero-order chi connectivity index (χ0) is 21.3. The third-order valence-electron chi connectivity index (χ3n) is 5.37. The second-order valence-corrected chi connectivity index (χ2v) is 6.99. The molecule has 0 saturated heterocycles. The van der Waals surface area contributed by atoms with Gasteiger partial charge in [0.1, 0.15) is 5.75 Å². The molecule has 0 radical (unpaired) electrons. The minimum Gasteiger partial charge on any atom is -0.497 e. The lowest BCUT2D eigenvalue weighted by atomic mass is 10.0. The molecule has 1 aliphatic heterocycles. The lowest BCUT2D eigenvalue weighted by Gasteiger charge is -2.30. The highest BCUT2D eigenvalue weighted by molar-refractivity contribution is 6.08. The predicted octanol–water partition coefficient (Wildman–Crippen LogP) is 3.66. The van der Waals surface area contributed by atoms with E-state index in [4.69, 9.17) is 9.47 Å². The maximum atomic E-state index is 13.7. The number of nitrogens with zero attached hydrogens (tertiary/aromatic N) is 3. The van der Waals surface area contributed by atoms with Crippen LogP contribution in [0.15, 0.2) is 66.9 Å². The van der Waals surface area contributed by atoms with Gasteiger partial charge < -0.3 is 9.47 Å². The van der Waals surface area contributed by atoms with E-state index in [-0.39, 0.29) is 18.3 Å². The summed E-state index contributed by atoms with van der Waals surface area (Å²) >= 11 is 0. The van der Waals surface area contributed by atoms with E-state index < -0.39 is 6.04 Å². The molecule has 0 aliphatic carbocycles. The Bertz CT molecular complexity index is 1070. The Morgan fingerprint density at radius 1 is 0.933 bits per heavy atom. The molecule has 2 aromatic carbocycles. The van der Waals surface area contributed by atoms with Gasteiger partial charge in [0, 0.05) is 18.8 Å². The average molecular weight is 405 g/mol. The van der Waals surface area contributed by atoms with Crippen molar-refractivity contribution in [3.8, 4) is 5.75 Å². The highest BCUT2D eigenvalue weighted by Crippen LogP contribution is 2.41. The van der Waals surface area contributed by atoms with Crippen molar-refractivity contribution in [2.24, 2.45) is 0 Å². The quantitative estimate of drug-likeness (QED) is 0.620. The molecule has 0 spiro atoms. The fourth-order valence-corrected chi connectivity index (χ4v) is 3.84. The third-order valence-corrected chi connectivity index (χ3v) is 5.37. The molecule has 30 heavy (non-hydrogen) atoms. The van der Waals surface area contributed by atoms with E-state index in [0.717, 1.165) is 17.1 Å². The number of carbonyl (C=O) groups excluding carboxylic acids is 2. The van der Waals surface area contributed by atoms with E-state index in [1.54, 1.807) is 36.3 Å². The first-order chi connectivity index (χ1) is 14.5. The van der Waals surface area contributed by atoms with Crippen LogP contribution in [0.25, 0.3) is 0 Å². The second-order valence-electron chi connectivity index (χ2n) is 6.99. The summed E-state index contributed by atoms with van der Waals surface area (Å²) < 4.78 is 12.1. The Morgan fingerprint density at radius 3 is 2.30 bits per heavy atom. The van der Waals surface area contributed by atoms with E-state index in [0.29, 0.717) is 11.3 Å². The number of amides is 1. The summed E-state index contributed by atoms with van der Waals surface area (Å²) in [5.74, 6) is 0.0758. The molecule has 3 aromatic rings. The largest absolute Gasteiger partial charge is 0.497 e.